The predicted molar refractivity (Wildman–Crippen MR) is 56.3 cm³/mol. The average molecular weight is 235 g/mol. The highest BCUT2D eigenvalue weighted by Crippen LogP contribution is 2.37. The largest absolute Gasteiger partial charge is 0.504 e. The number of nitrogens with two attached hydrogens (primary N) is 1. The zero-order valence-electron chi connectivity index (χ0n) is 7.88. The van der Waals surface area contributed by atoms with E-state index in [9.17, 15) is 10.1 Å². The van der Waals surface area contributed by atoms with Gasteiger partial charge in [0.25, 0.3) is 0 Å². The van der Waals surface area contributed by atoms with Crippen LogP contribution >= 0.6 is 12.4 Å². The molecule has 84 valence electrons. The molecule has 0 heterocycles. The van der Waals surface area contributed by atoms with E-state index >= 15 is 0 Å². The fourth-order valence-corrected chi connectivity index (χ4v) is 1.03. The molecule has 0 radical (unpaired) electrons. The first kappa shape index (κ1) is 13.5. The summed E-state index contributed by atoms with van der Waals surface area (Å²) >= 11 is 0. The van der Waals surface area contributed by atoms with Gasteiger partial charge in [0.15, 0.2) is 5.75 Å². The van der Waals surface area contributed by atoms with Crippen LogP contribution in [0.4, 0.5) is 5.69 Å². The molecule has 1 aromatic rings. The normalized spacial score (nSPS) is 11.6. The van der Waals surface area contributed by atoms with Gasteiger partial charge in [0.2, 0.25) is 5.75 Å². The molecule has 1 aromatic carbocycles. The van der Waals surface area contributed by atoms with Crippen molar-refractivity contribution in [2.45, 2.75) is 13.0 Å². The number of phenols is 2. The summed E-state index contributed by atoms with van der Waals surface area (Å²) < 4.78 is 0. The first-order valence-corrected chi connectivity index (χ1v) is 3.89. The second-order valence-corrected chi connectivity index (χ2v) is 2.95. The standard InChI is InChI=1S/C8H10N2O4.ClH/c1-4(9)5-2-6(10(13)14)8(12)7(11)3-5;/h2-4,11-12H,9H2,1H3;1H/t4-;/m0./s1. The van der Waals surface area contributed by atoms with Crippen LogP contribution in [-0.2, 0) is 0 Å². The van der Waals surface area contributed by atoms with Crippen molar-refractivity contribution in [3.63, 3.8) is 0 Å². The van der Waals surface area contributed by atoms with Gasteiger partial charge in [-0.15, -0.1) is 12.4 Å². The Morgan fingerprint density at radius 1 is 1.47 bits per heavy atom. The highest BCUT2D eigenvalue weighted by molar-refractivity contribution is 5.85. The molecule has 4 N–H and O–H groups in total. The molecule has 0 amide bonds. The van der Waals surface area contributed by atoms with Crippen molar-refractivity contribution in [3.05, 3.63) is 27.8 Å². The number of rotatable bonds is 2. The number of aromatic hydroxyl groups is 2. The molecule has 0 saturated carbocycles. The average Bonchev–Trinajstić information content (AvgIpc) is 2.08. The number of halogens is 1. The Hall–Kier alpha value is -1.53. The van der Waals surface area contributed by atoms with Crippen LogP contribution in [0.1, 0.15) is 18.5 Å². The first-order chi connectivity index (χ1) is 6.43. The van der Waals surface area contributed by atoms with E-state index in [-0.39, 0.29) is 12.4 Å². The Morgan fingerprint density at radius 2 is 2.00 bits per heavy atom. The van der Waals surface area contributed by atoms with Crippen molar-refractivity contribution < 1.29 is 15.1 Å². The van der Waals surface area contributed by atoms with Crippen LogP contribution < -0.4 is 5.73 Å². The quantitative estimate of drug-likeness (QED) is 0.408. The summed E-state index contributed by atoms with van der Waals surface area (Å²) in [6, 6.07) is 1.90. The predicted octanol–water partition coefficient (Wildman–Crippen LogP) is 1.45. The van der Waals surface area contributed by atoms with Gasteiger partial charge in [-0.25, -0.2) is 0 Å². The van der Waals surface area contributed by atoms with Gasteiger partial charge < -0.3 is 15.9 Å². The number of phenolic OH excluding ortho intramolecular Hbond substituents is 2. The summed E-state index contributed by atoms with van der Waals surface area (Å²) in [5.74, 6) is -1.27. The zero-order chi connectivity index (χ0) is 10.9. The monoisotopic (exact) mass is 234 g/mol. The van der Waals surface area contributed by atoms with Crippen molar-refractivity contribution in [2.24, 2.45) is 5.73 Å². The minimum atomic E-state index is -0.777. The third-order valence-corrected chi connectivity index (χ3v) is 1.81. The molecule has 15 heavy (non-hydrogen) atoms. The van der Waals surface area contributed by atoms with E-state index in [1.54, 1.807) is 6.92 Å². The van der Waals surface area contributed by atoms with Crippen LogP contribution in [0.3, 0.4) is 0 Å². The van der Waals surface area contributed by atoms with E-state index in [4.69, 9.17) is 15.9 Å². The third kappa shape index (κ3) is 2.71. The molecule has 0 bridgehead atoms. The molecular formula is C8H11ClN2O4. The second-order valence-electron chi connectivity index (χ2n) is 2.95. The topological polar surface area (TPSA) is 110 Å². The van der Waals surface area contributed by atoms with Gasteiger partial charge in [-0.1, -0.05) is 0 Å². The van der Waals surface area contributed by atoms with E-state index in [0.717, 1.165) is 6.07 Å². The Bertz CT molecular complexity index is 381. The van der Waals surface area contributed by atoms with Crippen LogP contribution in [0, 0.1) is 10.1 Å². The molecule has 1 atom stereocenters. The molecule has 0 aliphatic rings. The lowest BCUT2D eigenvalue weighted by Crippen LogP contribution is -2.05. The second kappa shape index (κ2) is 4.81. The lowest BCUT2D eigenvalue weighted by molar-refractivity contribution is -0.386. The maximum atomic E-state index is 10.4. The summed E-state index contributed by atoms with van der Waals surface area (Å²) in [6.45, 7) is 1.62. The summed E-state index contributed by atoms with van der Waals surface area (Å²) in [7, 11) is 0. The van der Waals surface area contributed by atoms with Crippen LogP contribution in [0.5, 0.6) is 11.5 Å². The molecule has 0 aliphatic carbocycles. The van der Waals surface area contributed by atoms with E-state index < -0.39 is 28.2 Å². The molecule has 0 aliphatic heterocycles. The highest BCUT2D eigenvalue weighted by Gasteiger charge is 2.19. The maximum absolute atomic E-state index is 10.4. The number of hydrogen-bond donors (Lipinski definition) is 3. The van der Waals surface area contributed by atoms with Gasteiger partial charge in [-0.3, -0.25) is 10.1 Å². The zero-order valence-corrected chi connectivity index (χ0v) is 8.69. The van der Waals surface area contributed by atoms with Crippen LogP contribution in [0.25, 0.3) is 0 Å². The van der Waals surface area contributed by atoms with Crippen molar-refractivity contribution in [1.82, 2.24) is 0 Å². The van der Waals surface area contributed by atoms with E-state index in [2.05, 4.69) is 0 Å². The molecule has 0 aromatic heterocycles. The summed E-state index contributed by atoms with van der Waals surface area (Å²) in [4.78, 5) is 9.67. The lowest BCUT2D eigenvalue weighted by Gasteiger charge is -2.07. The highest BCUT2D eigenvalue weighted by atomic mass is 35.5. The molecule has 0 fully saturated rings. The molecule has 1 rings (SSSR count). The summed E-state index contributed by atoms with van der Waals surface area (Å²) in [5, 5.41) is 28.8. The summed E-state index contributed by atoms with van der Waals surface area (Å²) in [6.07, 6.45) is 0. The van der Waals surface area contributed by atoms with Gasteiger partial charge in [0, 0.05) is 12.1 Å². The summed E-state index contributed by atoms with van der Waals surface area (Å²) in [5.41, 5.74) is 5.34. The molecule has 7 heteroatoms. The SMILES string of the molecule is C[C@H](N)c1cc(O)c(O)c([N+](=O)[O-])c1.Cl. The molecule has 0 spiro atoms. The van der Waals surface area contributed by atoms with E-state index in [1.165, 1.54) is 6.07 Å². The Labute approximate surface area is 91.9 Å². The minimum Gasteiger partial charge on any atom is -0.504 e. The van der Waals surface area contributed by atoms with Crippen LogP contribution in [0.2, 0.25) is 0 Å². The van der Waals surface area contributed by atoms with Crippen LogP contribution in [0.15, 0.2) is 12.1 Å². The van der Waals surface area contributed by atoms with Crippen molar-refractivity contribution in [1.29, 1.82) is 0 Å². The smallest absolute Gasteiger partial charge is 0.314 e. The number of benzene rings is 1. The van der Waals surface area contributed by atoms with Gasteiger partial charge in [0.1, 0.15) is 0 Å². The Balaban J connectivity index is 0.00000196. The van der Waals surface area contributed by atoms with Gasteiger partial charge in [-0.2, -0.15) is 0 Å². The Morgan fingerprint density at radius 3 is 2.40 bits per heavy atom. The number of hydrogen-bond acceptors (Lipinski definition) is 5. The van der Waals surface area contributed by atoms with E-state index in [0.29, 0.717) is 5.56 Å². The third-order valence-electron chi connectivity index (χ3n) is 1.81. The first-order valence-electron chi connectivity index (χ1n) is 3.89. The fourth-order valence-electron chi connectivity index (χ4n) is 1.03. The van der Waals surface area contributed by atoms with Crippen LogP contribution in [-0.4, -0.2) is 15.1 Å². The molecular weight excluding hydrogens is 224 g/mol. The van der Waals surface area contributed by atoms with Crippen molar-refractivity contribution >= 4 is 18.1 Å². The van der Waals surface area contributed by atoms with Gasteiger partial charge in [-0.05, 0) is 18.6 Å². The lowest BCUT2D eigenvalue weighted by atomic mass is 10.1. The molecule has 0 saturated heterocycles. The van der Waals surface area contributed by atoms with Crippen molar-refractivity contribution in [3.8, 4) is 11.5 Å². The van der Waals surface area contributed by atoms with Crippen molar-refractivity contribution in [2.75, 3.05) is 0 Å². The molecule has 6 nitrogen and oxygen atoms in total. The minimum absolute atomic E-state index is 0. The number of nitrogens with zero attached hydrogens (tertiary/aromatic N) is 1. The molecule has 0 unspecified atom stereocenters. The van der Waals surface area contributed by atoms with Gasteiger partial charge in [0.05, 0.1) is 4.92 Å². The maximum Gasteiger partial charge on any atom is 0.314 e. The fraction of sp³-hybridized carbons (Fsp3) is 0.250. The number of nitro benzene ring substituents is 1. The van der Waals surface area contributed by atoms with E-state index in [1.807, 2.05) is 0 Å². The Kier molecular flexibility index (Phi) is 4.32. The van der Waals surface area contributed by atoms with Gasteiger partial charge >= 0.3 is 5.69 Å². The number of nitro groups is 1.